The van der Waals surface area contributed by atoms with Crippen molar-refractivity contribution in [3.8, 4) is 11.3 Å². The zero-order chi connectivity index (χ0) is 26.5. The van der Waals surface area contributed by atoms with Gasteiger partial charge >= 0.3 is 0 Å². The summed E-state index contributed by atoms with van der Waals surface area (Å²) in [7, 11) is 0. The van der Waals surface area contributed by atoms with E-state index in [1.807, 2.05) is 49.4 Å². The van der Waals surface area contributed by atoms with E-state index in [1.165, 1.54) is 11.8 Å². The van der Waals surface area contributed by atoms with Crippen LogP contribution in [0.4, 0.5) is 23.0 Å². The molecule has 2 aromatic carbocycles. The molecule has 0 spiro atoms. The van der Waals surface area contributed by atoms with Crippen molar-refractivity contribution < 1.29 is 9.90 Å². The lowest BCUT2D eigenvalue weighted by atomic mass is 10.1. The molecule has 4 aromatic rings. The van der Waals surface area contributed by atoms with E-state index in [2.05, 4.69) is 49.1 Å². The average Bonchev–Trinajstić information content (AvgIpc) is 2.93. The smallest absolute Gasteiger partial charge is 0.247 e. The van der Waals surface area contributed by atoms with Gasteiger partial charge in [0, 0.05) is 73.1 Å². The Bertz CT molecular complexity index is 1430. The molecule has 9 nitrogen and oxygen atoms in total. The van der Waals surface area contributed by atoms with Gasteiger partial charge < -0.3 is 20.6 Å². The van der Waals surface area contributed by atoms with E-state index in [0.29, 0.717) is 22.8 Å². The van der Waals surface area contributed by atoms with Gasteiger partial charge in [0.2, 0.25) is 11.9 Å². The second kappa shape index (κ2) is 11.4. The molecule has 38 heavy (non-hydrogen) atoms. The lowest BCUT2D eigenvalue weighted by Crippen LogP contribution is -2.48. The number of carbonyl (C=O) groups is 1. The van der Waals surface area contributed by atoms with Gasteiger partial charge in [0.15, 0.2) is 0 Å². The third-order valence-electron chi connectivity index (χ3n) is 6.47. The normalized spacial score (nSPS) is 14.7. The maximum Gasteiger partial charge on any atom is 0.247 e. The van der Waals surface area contributed by atoms with E-state index >= 15 is 0 Å². The van der Waals surface area contributed by atoms with Crippen molar-refractivity contribution in [1.82, 2.24) is 19.9 Å². The Hall–Kier alpha value is -4.34. The van der Waals surface area contributed by atoms with Gasteiger partial charge in [0.1, 0.15) is 5.52 Å². The van der Waals surface area contributed by atoms with Crippen LogP contribution < -0.4 is 15.5 Å². The Morgan fingerprint density at radius 2 is 1.87 bits per heavy atom. The molecule has 3 heterocycles. The van der Waals surface area contributed by atoms with Crippen LogP contribution in [0.5, 0.6) is 0 Å². The molecule has 194 valence electrons. The number of amides is 1. The molecule has 5 rings (SSSR count). The molecule has 1 saturated heterocycles. The fourth-order valence-electron chi connectivity index (χ4n) is 4.61. The van der Waals surface area contributed by atoms with Crippen LogP contribution in [0.2, 0.25) is 0 Å². The molecule has 0 bridgehead atoms. The molecule has 0 saturated carbocycles. The Labute approximate surface area is 221 Å². The van der Waals surface area contributed by atoms with Crippen molar-refractivity contribution in [1.29, 1.82) is 0 Å². The number of nitrogens with one attached hydrogen (secondary N) is 2. The number of anilines is 4. The van der Waals surface area contributed by atoms with Crippen LogP contribution in [0.15, 0.2) is 79.6 Å². The number of β-amino-alcohol motifs (C(OH)–C–C–N with tert-alkyl or cyclic N) is 1. The van der Waals surface area contributed by atoms with Crippen LogP contribution in [0, 0.1) is 0 Å². The molecular weight excluding hydrogens is 478 g/mol. The predicted molar refractivity (Wildman–Crippen MR) is 152 cm³/mol. The van der Waals surface area contributed by atoms with E-state index in [0.717, 1.165) is 49.4 Å². The minimum Gasteiger partial charge on any atom is -0.392 e. The number of hydrogen-bond acceptors (Lipinski definition) is 8. The fraction of sp³-hybridized carbons (Fsp3) is 0.241. The van der Waals surface area contributed by atoms with Gasteiger partial charge in [0.05, 0.1) is 11.8 Å². The molecule has 1 aliphatic rings. The van der Waals surface area contributed by atoms with Crippen molar-refractivity contribution in [2.75, 3.05) is 48.3 Å². The lowest BCUT2D eigenvalue weighted by molar-refractivity contribution is -0.111. The van der Waals surface area contributed by atoms with Crippen LogP contribution in [0.25, 0.3) is 22.2 Å². The number of hydrogen-bond donors (Lipinski definition) is 3. The Kier molecular flexibility index (Phi) is 7.57. The molecule has 9 heteroatoms. The van der Waals surface area contributed by atoms with Crippen molar-refractivity contribution in [2.45, 2.75) is 13.0 Å². The van der Waals surface area contributed by atoms with Crippen molar-refractivity contribution >= 4 is 39.8 Å². The molecule has 1 aliphatic heterocycles. The quantitative estimate of drug-likeness (QED) is 0.305. The summed E-state index contributed by atoms with van der Waals surface area (Å²) in [5.74, 6) is 0.203. The van der Waals surface area contributed by atoms with E-state index in [1.54, 1.807) is 12.4 Å². The first-order valence-corrected chi connectivity index (χ1v) is 12.7. The van der Waals surface area contributed by atoms with Gasteiger partial charge in [-0.15, -0.1) is 0 Å². The zero-order valence-corrected chi connectivity index (χ0v) is 21.3. The van der Waals surface area contributed by atoms with Gasteiger partial charge in [-0.1, -0.05) is 18.7 Å². The topological polar surface area (TPSA) is 107 Å². The number of rotatable bonds is 8. The highest BCUT2D eigenvalue weighted by Crippen LogP contribution is 2.28. The van der Waals surface area contributed by atoms with Gasteiger partial charge in [0.25, 0.3) is 0 Å². The summed E-state index contributed by atoms with van der Waals surface area (Å²) in [6.07, 6.45) is 4.44. The summed E-state index contributed by atoms with van der Waals surface area (Å²) < 4.78 is 0. The first kappa shape index (κ1) is 25.3. The molecule has 2 aromatic heterocycles. The van der Waals surface area contributed by atoms with Crippen molar-refractivity contribution in [2.24, 2.45) is 0 Å². The van der Waals surface area contributed by atoms with Crippen molar-refractivity contribution in [3.63, 3.8) is 0 Å². The summed E-state index contributed by atoms with van der Waals surface area (Å²) in [5, 5.41) is 16.6. The number of aliphatic hydroxyl groups is 1. The van der Waals surface area contributed by atoms with Gasteiger partial charge in [-0.3, -0.25) is 14.7 Å². The third-order valence-corrected chi connectivity index (χ3v) is 6.47. The van der Waals surface area contributed by atoms with E-state index < -0.39 is 0 Å². The zero-order valence-electron chi connectivity index (χ0n) is 21.3. The summed E-state index contributed by atoms with van der Waals surface area (Å²) in [5.41, 5.74) is 4.96. The van der Waals surface area contributed by atoms with Crippen LogP contribution in [-0.4, -0.2) is 69.7 Å². The molecule has 1 atom stereocenters. The Balaban J connectivity index is 1.32. The van der Waals surface area contributed by atoms with Crippen LogP contribution >= 0.6 is 0 Å². The first-order valence-electron chi connectivity index (χ1n) is 12.7. The van der Waals surface area contributed by atoms with Crippen LogP contribution in [0.1, 0.15) is 6.92 Å². The second-order valence-corrected chi connectivity index (χ2v) is 9.37. The van der Waals surface area contributed by atoms with E-state index in [-0.39, 0.29) is 12.0 Å². The number of nitrogens with zero attached hydrogens (tertiary/aromatic N) is 5. The highest BCUT2D eigenvalue weighted by atomic mass is 16.3. The molecule has 3 N–H and O–H groups in total. The van der Waals surface area contributed by atoms with Gasteiger partial charge in [-0.25, -0.2) is 9.97 Å². The highest BCUT2D eigenvalue weighted by molar-refractivity contribution is 5.99. The summed E-state index contributed by atoms with van der Waals surface area (Å²) >= 11 is 0. The fourth-order valence-corrected chi connectivity index (χ4v) is 4.61. The standard InChI is InChI=1S/C29H31N7O2/c1-3-26(38)32-24-6-4-5-21(17-24)27-28-22(11-12-30-27)18-31-29(34-28)33-23-7-9-25(10-8-23)36-15-13-35(14-16-36)19-20(2)37/h3-12,17-18,20,37H,1,13-16,19H2,2H3,(H,32,38)(H,31,33,34). The number of piperazine rings is 1. The van der Waals surface area contributed by atoms with Gasteiger partial charge in [-0.05, 0) is 55.5 Å². The number of fused-ring (bicyclic) bond motifs is 1. The average molecular weight is 510 g/mol. The lowest BCUT2D eigenvalue weighted by Gasteiger charge is -2.36. The maximum absolute atomic E-state index is 11.7. The second-order valence-electron chi connectivity index (χ2n) is 9.37. The molecule has 0 aliphatic carbocycles. The van der Waals surface area contributed by atoms with Gasteiger partial charge in [-0.2, -0.15) is 0 Å². The van der Waals surface area contributed by atoms with E-state index in [9.17, 15) is 9.90 Å². The third kappa shape index (κ3) is 5.96. The van der Waals surface area contributed by atoms with Crippen molar-refractivity contribution in [3.05, 3.63) is 79.6 Å². The number of pyridine rings is 1. The van der Waals surface area contributed by atoms with Crippen LogP contribution in [-0.2, 0) is 4.79 Å². The maximum atomic E-state index is 11.7. The van der Waals surface area contributed by atoms with Crippen LogP contribution in [0.3, 0.4) is 0 Å². The van der Waals surface area contributed by atoms with E-state index in [4.69, 9.17) is 4.98 Å². The Morgan fingerprint density at radius 3 is 2.61 bits per heavy atom. The number of carbonyl (C=O) groups excluding carboxylic acids is 1. The monoisotopic (exact) mass is 509 g/mol. The Morgan fingerprint density at radius 1 is 1.08 bits per heavy atom. The summed E-state index contributed by atoms with van der Waals surface area (Å²) in [4.78, 5) is 30.2. The number of aromatic nitrogens is 3. The molecule has 0 radical (unpaired) electrons. The first-order chi connectivity index (χ1) is 18.5. The summed E-state index contributed by atoms with van der Waals surface area (Å²) in [6.45, 7) is 9.80. The number of benzene rings is 2. The molecule has 1 fully saturated rings. The molecular formula is C29H31N7O2. The number of aliphatic hydroxyl groups excluding tert-OH is 1. The largest absolute Gasteiger partial charge is 0.392 e. The predicted octanol–water partition coefficient (Wildman–Crippen LogP) is 4.06. The SMILES string of the molecule is C=CC(=O)Nc1cccc(-c2nccc3cnc(Nc4ccc(N5CCN(CC(C)O)CC5)cc4)nc23)c1. The highest BCUT2D eigenvalue weighted by Gasteiger charge is 2.18. The summed E-state index contributed by atoms with van der Waals surface area (Å²) in [6, 6.07) is 17.6. The minimum atomic E-state index is -0.300. The molecule has 1 unspecified atom stereocenters. The minimum absolute atomic E-state index is 0.272. The molecule has 1 amide bonds.